The molecule has 2 aromatic carbocycles. The van der Waals surface area contributed by atoms with E-state index in [0.29, 0.717) is 28.6 Å². The van der Waals surface area contributed by atoms with Gasteiger partial charge in [0.25, 0.3) is 0 Å². The van der Waals surface area contributed by atoms with Crippen LogP contribution in [0.4, 0.5) is 0 Å². The highest BCUT2D eigenvalue weighted by Gasteiger charge is 2.22. The van der Waals surface area contributed by atoms with E-state index in [-0.39, 0.29) is 11.5 Å². The van der Waals surface area contributed by atoms with E-state index in [1.807, 2.05) is 24.3 Å². The maximum absolute atomic E-state index is 11.8. The molecule has 1 N–H and O–H groups in total. The van der Waals surface area contributed by atoms with Crippen molar-refractivity contribution in [2.24, 2.45) is 5.92 Å². The van der Waals surface area contributed by atoms with E-state index in [1.165, 1.54) is 32.1 Å². The Kier molecular flexibility index (Phi) is 7.05. The van der Waals surface area contributed by atoms with Gasteiger partial charge in [-0.3, -0.25) is 0 Å². The lowest BCUT2D eigenvalue weighted by atomic mass is 9.90. The molecule has 1 fully saturated rings. The fourth-order valence-corrected chi connectivity index (χ4v) is 5.13. The van der Waals surface area contributed by atoms with Crippen molar-refractivity contribution < 1.29 is 28.8 Å². The second-order valence-corrected chi connectivity index (χ2v) is 9.07. The van der Waals surface area contributed by atoms with E-state index in [2.05, 4.69) is 0 Å². The standard InChI is InChI=1S/C25H28O6S/c1-28-20-12-19-22(13-21(20)29-2)32-24(25(26)27)23(19)31-15-17-9-6-10-18(11-17)30-14-16-7-4-3-5-8-16/h6,9-13,16H,3-5,7-8,14-15H2,1-2H3,(H,26,27). The number of carbonyl (C=O) groups is 1. The summed E-state index contributed by atoms with van der Waals surface area (Å²) < 4.78 is 23.6. The molecule has 1 aliphatic carbocycles. The van der Waals surface area contributed by atoms with Crippen molar-refractivity contribution in [3.63, 3.8) is 0 Å². The van der Waals surface area contributed by atoms with Gasteiger partial charge in [0, 0.05) is 16.2 Å². The van der Waals surface area contributed by atoms with Gasteiger partial charge < -0.3 is 24.1 Å². The third kappa shape index (κ3) is 4.93. The van der Waals surface area contributed by atoms with E-state index in [1.54, 1.807) is 26.4 Å². The lowest BCUT2D eigenvalue weighted by molar-refractivity contribution is 0.0698. The molecule has 32 heavy (non-hydrogen) atoms. The lowest BCUT2D eigenvalue weighted by Gasteiger charge is -2.21. The molecule has 0 saturated heterocycles. The normalized spacial score (nSPS) is 14.3. The largest absolute Gasteiger partial charge is 0.493 e. The first kappa shape index (κ1) is 22.3. The number of ether oxygens (including phenoxy) is 4. The van der Waals surface area contributed by atoms with Crippen molar-refractivity contribution in [1.29, 1.82) is 0 Å². The molecule has 0 aliphatic heterocycles. The number of aromatic carboxylic acids is 1. The Morgan fingerprint density at radius 3 is 2.50 bits per heavy atom. The molecule has 3 aromatic rings. The van der Waals surface area contributed by atoms with E-state index in [4.69, 9.17) is 18.9 Å². The van der Waals surface area contributed by atoms with Crippen LogP contribution in [0.3, 0.4) is 0 Å². The number of carboxylic acids is 1. The summed E-state index contributed by atoms with van der Waals surface area (Å²) in [5.74, 6) is 1.84. The molecule has 0 spiro atoms. The minimum absolute atomic E-state index is 0.153. The van der Waals surface area contributed by atoms with Gasteiger partial charge >= 0.3 is 5.97 Å². The highest BCUT2D eigenvalue weighted by molar-refractivity contribution is 7.21. The molecule has 0 bridgehead atoms. The number of fused-ring (bicyclic) bond motifs is 1. The molecular formula is C25H28O6S. The van der Waals surface area contributed by atoms with Gasteiger partial charge in [-0.1, -0.05) is 31.4 Å². The molecule has 170 valence electrons. The number of methoxy groups -OCH3 is 2. The molecule has 1 aliphatic rings. The Hall–Kier alpha value is -2.93. The minimum atomic E-state index is -1.02. The molecule has 7 heteroatoms. The second kappa shape index (κ2) is 10.1. The van der Waals surface area contributed by atoms with Crippen LogP contribution in [-0.2, 0) is 6.61 Å². The fraction of sp³-hybridized carbons (Fsp3) is 0.400. The molecule has 0 atom stereocenters. The van der Waals surface area contributed by atoms with Gasteiger partial charge in [0.2, 0.25) is 0 Å². The zero-order valence-electron chi connectivity index (χ0n) is 18.4. The van der Waals surface area contributed by atoms with E-state index in [9.17, 15) is 9.90 Å². The summed E-state index contributed by atoms with van der Waals surface area (Å²) >= 11 is 1.16. The van der Waals surface area contributed by atoms with Crippen molar-refractivity contribution in [1.82, 2.24) is 0 Å². The van der Waals surface area contributed by atoms with Crippen molar-refractivity contribution in [2.45, 2.75) is 38.7 Å². The van der Waals surface area contributed by atoms with Crippen LogP contribution < -0.4 is 18.9 Å². The summed E-state index contributed by atoms with van der Waals surface area (Å²) in [6, 6.07) is 11.3. The van der Waals surface area contributed by atoms with E-state index in [0.717, 1.165) is 34.0 Å². The average molecular weight is 457 g/mol. The first-order valence-corrected chi connectivity index (χ1v) is 11.7. The topological polar surface area (TPSA) is 74.2 Å². The summed E-state index contributed by atoms with van der Waals surface area (Å²) in [4.78, 5) is 12.0. The monoisotopic (exact) mass is 456 g/mol. The Morgan fingerprint density at radius 1 is 1.03 bits per heavy atom. The molecule has 0 amide bonds. The summed E-state index contributed by atoms with van der Waals surface area (Å²) in [5.41, 5.74) is 0.919. The highest BCUT2D eigenvalue weighted by atomic mass is 32.1. The third-order valence-electron chi connectivity index (χ3n) is 5.83. The van der Waals surface area contributed by atoms with Crippen molar-refractivity contribution in [2.75, 3.05) is 20.8 Å². The van der Waals surface area contributed by atoms with Crippen LogP contribution in [-0.4, -0.2) is 31.9 Å². The van der Waals surface area contributed by atoms with Crippen molar-refractivity contribution in [3.05, 3.63) is 46.8 Å². The number of thiophene rings is 1. The maximum atomic E-state index is 11.8. The number of rotatable bonds is 9. The molecule has 1 saturated carbocycles. The molecule has 1 aromatic heterocycles. The van der Waals surface area contributed by atoms with Gasteiger partial charge in [-0.2, -0.15) is 0 Å². The highest BCUT2D eigenvalue weighted by Crippen LogP contribution is 2.43. The van der Waals surface area contributed by atoms with Crippen LogP contribution in [0.1, 0.15) is 47.3 Å². The van der Waals surface area contributed by atoms with Gasteiger partial charge in [-0.05, 0) is 42.5 Å². The Morgan fingerprint density at radius 2 is 1.78 bits per heavy atom. The number of hydrogen-bond acceptors (Lipinski definition) is 6. The zero-order valence-corrected chi connectivity index (χ0v) is 19.2. The second-order valence-electron chi connectivity index (χ2n) is 8.02. The van der Waals surface area contributed by atoms with Crippen LogP contribution in [0.15, 0.2) is 36.4 Å². The number of benzene rings is 2. The summed E-state index contributed by atoms with van der Waals surface area (Å²) in [6.45, 7) is 0.978. The lowest BCUT2D eigenvalue weighted by Crippen LogP contribution is -2.15. The Bertz CT molecular complexity index is 1080. The molecule has 0 radical (unpaired) electrons. The molecule has 6 nitrogen and oxygen atoms in total. The predicted molar refractivity (Wildman–Crippen MR) is 125 cm³/mol. The van der Waals surface area contributed by atoms with Gasteiger partial charge in [0.15, 0.2) is 22.1 Å². The quantitative estimate of drug-likeness (QED) is 0.416. The molecule has 0 unspecified atom stereocenters. The smallest absolute Gasteiger partial charge is 0.349 e. The fourth-order valence-electron chi connectivity index (χ4n) is 4.13. The molecular weight excluding hydrogens is 428 g/mol. The maximum Gasteiger partial charge on any atom is 0.349 e. The van der Waals surface area contributed by atoms with Crippen molar-refractivity contribution >= 4 is 27.4 Å². The van der Waals surface area contributed by atoms with Crippen LogP contribution >= 0.6 is 11.3 Å². The van der Waals surface area contributed by atoms with Crippen molar-refractivity contribution in [3.8, 4) is 23.0 Å². The molecule has 4 rings (SSSR count). The van der Waals surface area contributed by atoms with Crippen LogP contribution in [0, 0.1) is 5.92 Å². The molecule has 1 heterocycles. The Labute approximate surface area is 191 Å². The summed E-state index contributed by atoms with van der Waals surface area (Å²) in [5, 5.41) is 10.4. The summed E-state index contributed by atoms with van der Waals surface area (Å²) in [6.07, 6.45) is 6.39. The summed E-state index contributed by atoms with van der Waals surface area (Å²) in [7, 11) is 3.10. The van der Waals surface area contributed by atoms with Gasteiger partial charge in [-0.25, -0.2) is 4.79 Å². The van der Waals surface area contributed by atoms with Crippen LogP contribution in [0.2, 0.25) is 0 Å². The number of hydrogen-bond donors (Lipinski definition) is 1. The van der Waals surface area contributed by atoms with Gasteiger partial charge in [0.05, 0.1) is 20.8 Å². The van der Waals surface area contributed by atoms with Gasteiger partial charge in [0.1, 0.15) is 12.4 Å². The van der Waals surface area contributed by atoms with E-state index < -0.39 is 5.97 Å². The zero-order chi connectivity index (χ0) is 22.5. The van der Waals surface area contributed by atoms with E-state index >= 15 is 0 Å². The minimum Gasteiger partial charge on any atom is -0.493 e. The number of carboxylic acid groups (broad SMARTS) is 1. The average Bonchev–Trinajstić information content (AvgIpc) is 3.19. The predicted octanol–water partition coefficient (Wildman–Crippen LogP) is 6.15. The first-order valence-electron chi connectivity index (χ1n) is 10.9. The Balaban J connectivity index is 1.52. The first-order chi connectivity index (χ1) is 15.6. The van der Waals surface area contributed by atoms with Crippen LogP contribution in [0.25, 0.3) is 10.1 Å². The van der Waals surface area contributed by atoms with Crippen LogP contribution in [0.5, 0.6) is 23.0 Å². The third-order valence-corrected chi connectivity index (χ3v) is 6.96. The van der Waals surface area contributed by atoms with Gasteiger partial charge in [-0.15, -0.1) is 11.3 Å². The SMILES string of the molecule is COc1cc2sc(C(=O)O)c(OCc3cccc(OCC4CCCCC4)c3)c2cc1OC.